The lowest BCUT2D eigenvalue weighted by molar-refractivity contribution is -0.128. The third-order valence-electron chi connectivity index (χ3n) is 4.09. The Labute approximate surface area is 162 Å². The van der Waals surface area contributed by atoms with E-state index in [9.17, 15) is 9.59 Å². The zero-order valence-corrected chi connectivity index (χ0v) is 16.8. The first-order valence-corrected chi connectivity index (χ1v) is 9.12. The number of halogens is 1. The summed E-state index contributed by atoms with van der Waals surface area (Å²) in [5.74, 6) is 0.688. The first-order valence-electron chi connectivity index (χ1n) is 8.32. The zero-order chi connectivity index (χ0) is 19.1. The molecule has 1 N–H and O–H groups in total. The van der Waals surface area contributed by atoms with Crippen LogP contribution in [0.1, 0.15) is 24.5 Å². The lowest BCUT2D eigenvalue weighted by Gasteiger charge is -2.18. The molecule has 2 aromatic carbocycles. The molecule has 2 aromatic rings. The summed E-state index contributed by atoms with van der Waals surface area (Å²) in [5, 5.41) is 2.95. The van der Waals surface area contributed by atoms with Gasteiger partial charge in [0, 0.05) is 32.6 Å². The van der Waals surface area contributed by atoms with Gasteiger partial charge in [-0.1, -0.05) is 24.3 Å². The number of methoxy groups -OCH3 is 1. The Hall–Kier alpha value is -2.34. The van der Waals surface area contributed by atoms with Gasteiger partial charge in [-0.05, 0) is 51.7 Å². The monoisotopic (exact) mass is 418 g/mol. The Bertz CT molecular complexity index is 792. The van der Waals surface area contributed by atoms with Crippen LogP contribution in [-0.2, 0) is 22.6 Å². The SMILES string of the molecule is COc1ccc(CCC(=O)Nc2ccccc2CN(C)C(C)=O)cc1Br. The van der Waals surface area contributed by atoms with E-state index >= 15 is 0 Å². The average Bonchev–Trinajstić information content (AvgIpc) is 2.61. The molecule has 0 aliphatic heterocycles. The van der Waals surface area contributed by atoms with Crippen LogP contribution >= 0.6 is 15.9 Å². The molecule has 0 bridgehead atoms. The zero-order valence-electron chi connectivity index (χ0n) is 15.2. The summed E-state index contributed by atoms with van der Waals surface area (Å²) in [4.78, 5) is 25.4. The molecule has 0 fully saturated rings. The Morgan fingerprint density at radius 1 is 1.19 bits per heavy atom. The van der Waals surface area contributed by atoms with Crippen LogP contribution in [0.2, 0.25) is 0 Å². The highest BCUT2D eigenvalue weighted by Gasteiger charge is 2.10. The summed E-state index contributed by atoms with van der Waals surface area (Å²) < 4.78 is 6.08. The first kappa shape index (κ1) is 20.0. The van der Waals surface area contributed by atoms with E-state index in [0.29, 0.717) is 19.4 Å². The van der Waals surface area contributed by atoms with E-state index in [1.807, 2.05) is 42.5 Å². The molecule has 0 aliphatic rings. The topological polar surface area (TPSA) is 58.6 Å². The van der Waals surface area contributed by atoms with Crippen molar-refractivity contribution in [3.05, 3.63) is 58.1 Å². The molecule has 26 heavy (non-hydrogen) atoms. The van der Waals surface area contributed by atoms with E-state index in [-0.39, 0.29) is 11.8 Å². The highest BCUT2D eigenvalue weighted by Crippen LogP contribution is 2.26. The standard InChI is InChI=1S/C20H23BrN2O3/c1-14(24)23(2)13-16-6-4-5-7-18(16)22-20(25)11-9-15-8-10-19(26-3)17(21)12-15/h4-8,10,12H,9,11,13H2,1-3H3,(H,22,25). The molecule has 0 atom stereocenters. The van der Waals surface area contributed by atoms with Crippen molar-refractivity contribution in [1.29, 1.82) is 0 Å². The summed E-state index contributed by atoms with van der Waals surface area (Å²) in [5.41, 5.74) is 2.70. The molecular formula is C20H23BrN2O3. The normalized spacial score (nSPS) is 10.3. The molecule has 0 aliphatic carbocycles. The predicted octanol–water partition coefficient (Wildman–Crippen LogP) is 4.01. The number of nitrogens with zero attached hydrogens (tertiary/aromatic N) is 1. The maximum atomic E-state index is 12.3. The van der Waals surface area contributed by atoms with E-state index in [0.717, 1.165) is 27.0 Å². The van der Waals surface area contributed by atoms with Crippen molar-refractivity contribution in [3.63, 3.8) is 0 Å². The number of rotatable bonds is 7. The van der Waals surface area contributed by atoms with E-state index < -0.39 is 0 Å². The van der Waals surface area contributed by atoms with E-state index in [1.54, 1.807) is 19.1 Å². The van der Waals surface area contributed by atoms with Gasteiger partial charge >= 0.3 is 0 Å². The predicted molar refractivity (Wildman–Crippen MR) is 106 cm³/mol. The maximum absolute atomic E-state index is 12.3. The highest BCUT2D eigenvalue weighted by atomic mass is 79.9. The van der Waals surface area contributed by atoms with Gasteiger partial charge in [-0.25, -0.2) is 0 Å². The molecule has 0 aromatic heterocycles. The number of aryl methyl sites for hydroxylation is 1. The second-order valence-electron chi connectivity index (χ2n) is 6.05. The summed E-state index contributed by atoms with van der Waals surface area (Å²) in [6.45, 7) is 1.98. The summed E-state index contributed by atoms with van der Waals surface area (Å²) in [7, 11) is 3.36. The number of benzene rings is 2. The molecule has 138 valence electrons. The fourth-order valence-electron chi connectivity index (χ4n) is 2.48. The molecule has 0 radical (unpaired) electrons. The number of ether oxygens (including phenoxy) is 1. The van der Waals surface area contributed by atoms with Crippen LogP contribution in [0.3, 0.4) is 0 Å². The van der Waals surface area contributed by atoms with Crippen molar-refractivity contribution < 1.29 is 14.3 Å². The number of nitrogens with one attached hydrogen (secondary N) is 1. The van der Waals surface area contributed by atoms with Gasteiger partial charge in [0.2, 0.25) is 11.8 Å². The van der Waals surface area contributed by atoms with Crippen LogP contribution in [0.5, 0.6) is 5.75 Å². The Balaban J connectivity index is 1.97. The third-order valence-corrected chi connectivity index (χ3v) is 4.71. The smallest absolute Gasteiger partial charge is 0.224 e. The lowest BCUT2D eigenvalue weighted by atomic mass is 10.1. The van der Waals surface area contributed by atoms with Crippen molar-refractivity contribution in [2.45, 2.75) is 26.3 Å². The molecule has 5 nitrogen and oxygen atoms in total. The number of hydrogen-bond donors (Lipinski definition) is 1. The Kier molecular flexibility index (Phi) is 7.21. The molecule has 0 unspecified atom stereocenters. The number of carbonyl (C=O) groups excluding carboxylic acids is 2. The van der Waals surface area contributed by atoms with Gasteiger partial charge in [0.15, 0.2) is 0 Å². The lowest BCUT2D eigenvalue weighted by Crippen LogP contribution is -2.24. The molecule has 0 saturated carbocycles. The molecule has 0 spiro atoms. The fourth-order valence-corrected chi connectivity index (χ4v) is 3.07. The third kappa shape index (κ3) is 5.59. The molecule has 2 amide bonds. The second kappa shape index (κ2) is 9.38. The van der Waals surface area contributed by atoms with E-state index in [4.69, 9.17) is 4.74 Å². The molecule has 0 saturated heterocycles. The minimum Gasteiger partial charge on any atom is -0.496 e. The van der Waals surface area contributed by atoms with Crippen molar-refractivity contribution in [2.75, 3.05) is 19.5 Å². The van der Waals surface area contributed by atoms with Gasteiger partial charge in [0.25, 0.3) is 0 Å². The van der Waals surface area contributed by atoms with E-state index in [1.165, 1.54) is 6.92 Å². The molecule has 2 rings (SSSR count). The summed E-state index contributed by atoms with van der Waals surface area (Å²) in [6.07, 6.45) is 1.000. The Morgan fingerprint density at radius 2 is 1.92 bits per heavy atom. The molecule has 0 heterocycles. The number of para-hydroxylation sites is 1. The minimum absolute atomic E-state index is 0.0174. The minimum atomic E-state index is -0.0603. The van der Waals surface area contributed by atoms with E-state index in [2.05, 4.69) is 21.2 Å². The van der Waals surface area contributed by atoms with Gasteiger partial charge in [-0.2, -0.15) is 0 Å². The van der Waals surface area contributed by atoms with Gasteiger partial charge in [-0.15, -0.1) is 0 Å². The average molecular weight is 419 g/mol. The number of hydrogen-bond acceptors (Lipinski definition) is 3. The van der Waals surface area contributed by atoms with Crippen molar-refractivity contribution in [1.82, 2.24) is 4.90 Å². The summed E-state index contributed by atoms with van der Waals surface area (Å²) in [6, 6.07) is 13.3. The molecular weight excluding hydrogens is 396 g/mol. The van der Waals surface area contributed by atoms with Gasteiger partial charge in [-0.3, -0.25) is 9.59 Å². The van der Waals surface area contributed by atoms with Crippen LogP contribution < -0.4 is 10.1 Å². The van der Waals surface area contributed by atoms with Crippen LogP contribution in [0.25, 0.3) is 0 Å². The van der Waals surface area contributed by atoms with Gasteiger partial charge in [0.05, 0.1) is 11.6 Å². The summed E-state index contributed by atoms with van der Waals surface area (Å²) >= 11 is 3.45. The van der Waals surface area contributed by atoms with Crippen LogP contribution in [0.15, 0.2) is 46.9 Å². The van der Waals surface area contributed by atoms with Crippen LogP contribution in [0.4, 0.5) is 5.69 Å². The van der Waals surface area contributed by atoms with Crippen LogP contribution in [-0.4, -0.2) is 30.9 Å². The van der Waals surface area contributed by atoms with Gasteiger partial charge < -0.3 is 15.0 Å². The fraction of sp³-hybridized carbons (Fsp3) is 0.300. The number of anilines is 1. The van der Waals surface area contributed by atoms with Gasteiger partial charge in [0.1, 0.15) is 5.75 Å². The van der Waals surface area contributed by atoms with Crippen molar-refractivity contribution >= 4 is 33.4 Å². The maximum Gasteiger partial charge on any atom is 0.224 e. The first-order chi connectivity index (χ1) is 12.4. The number of amides is 2. The molecule has 6 heteroatoms. The quantitative estimate of drug-likeness (QED) is 0.738. The highest BCUT2D eigenvalue weighted by molar-refractivity contribution is 9.10. The largest absolute Gasteiger partial charge is 0.496 e. The Morgan fingerprint density at radius 3 is 2.58 bits per heavy atom. The number of carbonyl (C=O) groups is 2. The van der Waals surface area contributed by atoms with Crippen LogP contribution in [0, 0.1) is 0 Å². The van der Waals surface area contributed by atoms with Crippen molar-refractivity contribution in [3.8, 4) is 5.75 Å². The second-order valence-corrected chi connectivity index (χ2v) is 6.90. The van der Waals surface area contributed by atoms with Crippen molar-refractivity contribution in [2.24, 2.45) is 0 Å².